The Kier molecular flexibility index (Phi) is 7.12. The van der Waals surface area contributed by atoms with Crippen LogP contribution in [0.4, 0.5) is 0 Å². The minimum absolute atomic E-state index is 0.259. The zero-order valence-corrected chi connectivity index (χ0v) is 28.2. The Balaban J connectivity index is 1.23. The second-order valence-corrected chi connectivity index (χ2v) is 13.5. The van der Waals surface area contributed by atoms with Crippen LogP contribution in [0.15, 0.2) is 152 Å². The number of hydrogen-bond donors (Lipinski definition) is 0. The molecule has 51 heavy (non-hydrogen) atoms. The molecular formula is C46H31N5. The maximum absolute atomic E-state index is 9.63. The molecule has 5 heteroatoms. The normalized spacial score (nSPS) is 12.6. The zero-order chi connectivity index (χ0) is 34.5. The average molecular weight is 654 g/mol. The standard InChI is InChI=1S/C46H31N5/c1-46(2)41-21-29(27-47)14-18-39(41)40-19-17-33(26-42(40)46)36-23-37(35-13-8-20-48-28-35)25-38(24-36)45-50-43(31-10-4-3-5-11-31)49-44(51-45)34-16-15-30-9-6-7-12-32(30)22-34/h3-26,28H,1-2H3. The number of nitriles is 1. The van der Waals surface area contributed by atoms with Crippen LogP contribution in [0.1, 0.15) is 30.5 Å². The molecule has 9 rings (SSSR count). The van der Waals surface area contributed by atoms with Crippen LogP contribution >= 0.6 is 0 Å². The highest BCUT2D eigenvalue weighted by Crippen LogP contribution is 2.50. The molecular weight excluding hydrogens is 623 g/mol. The fourth-order valence-electron chi connectivity index (χ4n) is 7.29. The van der Waals surface area contributed by atoms with Crippen molar-refractivity contribution in [2.24, 2.45) is 0 Å². The van der Waals surface area contributed by atoms with Crippen LogP contribution in [0.5, 0.6) is 0 Å². The highest BCUT2D eigenvalue weighted by molar-refractivity contribution is 5.88. The van der Waals surface area contributed by atoms with E-state index in [0.717, 1.165) is 44.3 Å². The quantitative estimate of drug-likeness (QED) is 0.185. The van der Waals surface area contributed by atoms with Gasteiger partial charge in [-0.15, -0.1) is 0 Å². The number of fused-ring (bicyclic) bond motifs is 4. The maximum atomic E-state index is 9.63. The Bertz CT molecular complexity index is 2670. The summed E-state index contributed by atoms with van der Waals surface area (Å²) in [6.07, 6.45) is 3.68. The Hall–Kier alpha value is -6.77. The smallest absolute Gasteiger partial charge is 0.164 e. The van der Waals surface area contributed by atoms with Crippen molar-refractivity contribution in [3.8, 4) is 73.6 Å². The van der Waals surface area contributed by atoms with Gasteiger partial charge in [-0.2, -0.15) is 5.26 Å². The minimum Gasteiger partial charge on any atom is -0.264 e. The van der Waals surface area contributed by atoms with E-state index in [0.29, 0.717) is 23.0 Å². The Morgan fingerprint density at radius 2 is 1.08 bits per heavy atom. The third kappa shape index (κ3) is 5.35. The summed E-state index contributed by atoms with van der Waals surface area (Å²) >= 11 is 0. The van der Waals surface area contributed by atoms with E-state index in [2.05, 4.69) is 110 Å². The average Bonchev–Trinajstić information content (AvgIpc) is 3.42. The van der Waals surface area contributed by atoms with E-state index in [4.69, 9.17) is 15.0 Å². The molecule has 0 saturated heterocycles. The molecule has 0 radical (unpaired) electrons. The summed E-state index contributed by atoms with van der Waals surface area (Å²) in [5, 5.41) is 11.9. The SMILES string of the molecule is CC1(C)c2cc(C#N)ccc2-c2ccc(-c3cc(-c4cccnc4)cc(-c4nc(-c5ccccc5)nc(-c5ccc6ccccc6c5)n4)c3)cc21. The summed E-state index contributed by atoms with van der Waals surface area (Å²) in [6, 6.07) is 50.4. The van der Waals surface area contributed by atoms with Gasteiger partial charge in [0, 0.05) is 40.1 Å². The predicted molar refractivity (Wildman–Crippen MR) is 205 cm³/mol. The van der Waals surface area contributed by atoms with Crippen LogP contribution in [0.3, 0.4) is 0 Å². The first kappa shape index (κ1) is 30.3. The fraction of sp³-hybridized carbons (Fsp3) is 0.0652. The minimum atomic E-state index is -0.259. The van der Waals surface area contributed by atoms with E-state index in [-0.39, 0.29) is 5.41 Å². The Morgan fingerprint density at radius 1 is 0.471 bits per heavy atom. The largest absolute Gasteiger partial charge is 0.264 e. The molecule has 0 spiro atoms. The molecule has 0 atom stereocenters. The van der Waals surface area contributed by atoms with Gasteiger partial charge in [0.05, 0.1) is 11.6 Å². The molecule has 5 nitrogen and oxygen atoms in total. The summed E-state index contributed by atoms with van der Waals surface area (Å²) < 4.78 is 0. The number of benzene rings is 6. The zero-order valence-electron chi connectivity index (χ0n) is 28.2. The van der Waals surface area contributed by atoms with E-state index in [1.807, 2.05) is 60.8 Å². The van der Waals surface area contributed by atoms with Crippen molar-refractivity contribution in [1.29, 1.82) is 5.26 Å². The predicted octanol–water partition coefficient (Wildman–Crippen LogP) is 10.9. The monoisotopic (exact) mass is 653 g/mol. The van der Waals surface area contributed by atoms with Crippen LogP contribution in [-0.4, -0.2) is 19.9 Å². The first-order chi connectivity index (χ1) is 24.9. The van der Waals surface area contributed by atoms with Gasteiger partial charge in [0.25, 0.3) is 0 Å². The molecule has 240 valence electrons. The Labute approximate surface area is 296 Å². The number of aromatic nitrogens is 4. The number of nitrogens with zero attached hydrogens (tertiary/aromatic N) is 5. The molecule has 0 aliphatic heterocycles. The first-order valence-electron chi connectivity index (χ1n) is 17.0. The third-order valence-corrected chi connectivity index (χ3v) is 10.00. The number of rotatable bonds is 5. The van der Waals surface area contributed by atoms with Crippen molar-refractivity contribution in [3.63, 3.8) is 0 Å². The molecule has 0 fully saturated rings. The highest BCUT2D eigenvalue weighted by Gasteiger charge is 2.36. The van der Waals surface area contributed by atoms with Gasteiger partial charge in [-0.25, -0.2) is 15.0 Å². The summed E-state index contributed by atoms with van der Waals surface area (Å²) in [6.45, 7) is 4.48. The van der Waals surface area contributed by atoms with E-state index >= 15 is 0 Å². The lowest BCUT2D eigenvalue weighted by molar-refractivity contribution is 0.660. The molecule has 0 amide bonds. The molecule has 6 aromatic carbocycles. The van der Waals surface area contributed by atoms with Crippen molar-refractivity contribution >= 4 is 10.8 Å². The van der Waals surface area contributed by atoms with Crippen molar-refractivity contribution in [2.45, 2.75) is 19.3 Å². The molecule has 0 N–H and O–H groups in total. The number of hydrogen-bond acceptors (Lipinski definition) is 5. The van der Waals surface area contributed by atoms with Gasteiger partial charge >= 0.3 is 0 Å². The molecule has 0 bridgehead atoms. The molecule has 2 heterocycles. The van der Waals surface area contributed by atoms with E-state index < -0.39 is 0 Å². The lowest BCUT2D eigenvalue weighted by Crippen LogP contribution is -2.15. The lowest BCUT2D eigenvalue weighted by Gasteiger charge is -2.22. The van der Waals surface area contributed by atoms with Crippen LogP contribution in [0.2, 0.25) is 0 Å². The second-order valence-electron chi connectivity index (χ2n) is 13.5. The van der Waals surface area contributed by atoms with Gasteiger partial charge in [0.2, 0.25) is 0 Å². The van der Waals surface area contributed by atoms with Gasteiger partial charge < -0.3 is 0 Å². The van der Waals surface area contributed by atoms with Gasteiger partial charge in [0.15, 0.2) is 17.5 Å². The molecule has 1 aliphatic carbocycles. The van der Waals surface area contributed by atoms with Crippen molar-refractivity contribution in [1.82, 2.24) is 19.9 Å². The summed E-state index contributed by atoms with van der Waals surface area (Å²) in [5.41, 5.74) is 12.1. The van der Waals surface area contributed by atoms with Crippen molar-refractivity contribution in [3.05, 3.63) is 169 Å². The highest BCUT2D eigenvalue weighted by atomic mass is 15.0. The van der Waals surface area contributed by atoms with Gasteiger partial charge in [-0.1, -0.05) is 105 Å². The van der Waals surface area contributed by atoms with Gasteiger partial charge in [-0.05, 0) is 98.2 Å². The van der Waals surface area contributed by atoms with Crippen LogP contribution < -0.4 is 0 Å². The summed E-state index contributed by atoms with van der Waals surface area (Å²) in [5.74, 6) is 1.83. The van der Waals surface area contributed by atoms with E-state index in [1.165, 1.54) is 27.6 Å². The first-order valence-corrected chi connectivity index (χ1v) is 17.0. The van der Waals surface area contributed by atoms with E-state index in [1.54, 1.807) is 6.20 Å². The summed E-state index contributed by atoms with van der Waals surface area (Å²) in [7, 11) is 0. The van der Waals surface area contributed by atoms with Crippen LogP contribution in [-0.2, 0) is 5.41 Å². The van der Waals surface area contributed by atoms with Crippen molar-refractivity contribution < 1.29 is 0 Å². The number of pyridine rings is 1. The Morgan fingerprint density at radius 3 is 1.82 bits per heavy atom. The molecule has 0 saturated carbocycles. The lowest BCUT2D eigenvalue weighted by atomic mass is 9.81. The third-order valence-electron chi connectivity index (χ3n) is 10.00. The fourth-order valence-corrected chi connectivity index (χ4v) is 7.29. The molecule has 2 aromatic heterocycles. The second kappa shape index (κ2) is 12.0. The summed E-state index contributed by atoms with van der Waals surface area (Å²) in [4.78, 5) is 19.7. The van der Waals surface area contributed by atoms with Gasteiger partial charge in [0.1, 0.15) is 0 Å². The molecule has 0 unspecified atom stereocenters. The maximum Gasteiger partial charge on any atom is 0.164 e. The molecule has 8 aromatic rings. The van der Waals surface area contributed by atoms with E-state index in [9.17, 15) is 5.26 Å². The van der Waals surface area contributed by atoms with Gasteiger partial charge in [-0.3, -0.25) is 4.98 Å². The topological polar surface area (TPSA) is 75.3 Å². The van der Waals surface area contributed by atoms with Crippen LogP contribution in [0, 0.1) is 11.3 Å². The van der Waals surface area contributed by atoms with Crippen LogP contribution in [0.25, 0.3) is 78.3 Å². The molecule has 1 aliphatic rings. The van der Waals surface area contributed by atoms with Crippen molar-refractivity contribution in [2.75, 3.05) is 0 Å².